The van der Waals surface area contributed by atoms with Gasteiger partial charge in [-0.3, -0.25) is 14.9 Å². The lowest BCUT2D eigenvalue weighted by molar-refractivity contribution is -0.384. The lowest BCUT2D eigenvalue weighted by atomic mass is 9.82. The number of sulfonamides is 1. The van der Waals surface area contributed by atoms with Crippen LogP contribution >= 0.6 is 0 Å². The molecule has 3 atom stereocenters. The van der Waals surface area contributed by atoms with E-state index in [2.05, 4.69) is 0 Å². The number of esters is 1. The average Bonchev–Trinajstić information content (AvgIpc) is 2.70. The van der Waals surface area contributed by atoms with Crippen molar-refractivity contribution in [3.63, 3.8) is 0 Å². The summed E-state index contributed by atoms with van der Waals surface area (Å²) in [5.41, 5.74) is -0.948. The summed E-state index contributed by atoms with van der Waals surface area (Å²) in [6.07, 6.45) is 4.27. The van der Waals surface area contributed by atoms with E-state index >= 15 is 0 Å². The fourth-order valence-corrected chi connectivity index (χ4v) is 6.41. The summed E-state index contributed by atoms with van der Waals surface area (Å²) in [6, 6.07) is 3.52. The van der Waals surface area contributed by atoms with E-state index in [1.54, 1.807) is 20.8 Å². The zero-order chi connectivity index (χ0) is 24.3. The molecule has 1 aromatic carbocycles. The molecule has 0 N–H and O–H groups in total. The highest BCUT2D eigenvalue weighted by molar-refractivity contribution is 7.89. The molecule has 1 fully saturated rings. The van der Waals surface area contributed by atoms with Gasteiger partial charge in [-0.2, -0.15) is 4.31 Å². The van der Waals surface area contributed by atoms with Crippen molar-refractivity contribution in [2.45, 2.75) is 96.2 Å². The Morgan fingerprint density at radius 3 is 2.22 bits per heavy atom. The molecule has 0 radical (unpaired) electrons. The Hall–Kier alpha value is -2.00. The van der Waals surface area contributed by atoms with Crippen molar-refractivity contribution in [3.8, 4) is 0 Å². The lowest BCUT2D eigenvalue weighted by Crippen LogP contribution is -2.56. The van der Waals surface area contributed by atoms with Gasteiger partial charge in [0.1, 0.15) is 11.6 Å². The molecule has 0 amide bonds. The Labute approximate surface area is 191 Å². The van der Waals surface area contributed by atoms with Gasteiger partial charge in [0.2, 0.25) is 10.0 Å². The quantitative estimate of drug-likeness (QED) is 0.304. The van der Waals surface area contributed by atoms with Crippen LogP contribution in [0.2, 0.25) is 0 Å². The molecule has 1 aromatic rings. The van der Waals surface area contributed by atoms with Crippen molar-refractivity contribution in [1.29, 1.82) is 0 Å². The van der Waals surface area contributed by atoms with E-state index in [0.29, 0.717) is 6.42 Å². The number of non-ortho nitro benzene ring substituents is 1. The zero-order valence-corrected chi connectivity index (χ0v) is 20.7. The van der Waals surface area contributed by atoms with Gasteiger partial charge in [-0.15, -0.1) is 0 Å². The summed E-state index contributed by atoms with van der Waals surface area (Å²) in [7, 11) is -4.12. The molecule has 2 unspecified atom stereocenters. The largest absolute Gasteiger partial charge is 0.459 e. The minimum atomic E-state index is -4.12. The van der Waals surface area contributed by atoms with E-state index in [-0.39, 0.29) is 28.5 Å². The second-order valence-electron chi connectivity index (χ2n) is 9.83. The van der Waals surface area contributed by atoms with Gasteiger partial charge < -0.3 is 4.74 Å². The Bertz CT molecular complexity index is 905. The minimum Gasteiger partial charge on any atom is -0.459 e. The van der Waals surface area contributed by atoms with Crippen LogP contribution in [0.4, 0.5) is 5.69 Å². The molecule has 0 spiro atoms. The van der Waals surface area contributed by atoms with Crippen LogP contribution in [0.15, 0.2) is 29.2 Å². The molecule has 0 heterocycles. The highest BCUT2D eigenvalue weighted by atomic mass is 32.2. The number of carbonyl (C=O) groups excluding carboxylic acids is 1. The third kappa shape index (κ3) is 6.07. The smallest absolute Gasteiger partial charge is 0.325 e. The number of hydrogen-bond acceptors (Lipinski definition) is 6. The van der Waals surface area contributed by atoms with Crippen molar-refractivity contribution in [2.24, 2.45) is 11.8 Å². The summed E-state index contributed by atoms with van der Waals surface area (Å²) in [5, 5.41) is 11.0. The lowest BCUT2D eigenvalue weighted by Gasteiger charge is -2.43. The molecule has 32 heavy (non-hydrogen) atoms. The molecule has 180 valence electrons. The predicted molar refractivity (Wildman–Crippen MR) is 123 cm³/mol. The Morgan fingerprint density at radius 2 is 1.75 bits per heavy atom. The van der Waals surface area contributed by atoms with Crippen LogP contribution in [0.5, 0.6) is 0 Å². The number of benzene rings is 1. The Kier molecular flexibility index (Phi) is 8.44. The molecule has 1 aliphatic rings. The van der Waals surface area contributed by atoms with Crippen LogP contribution in [0.1, 0.15) is 73.6 Å². The fraction of sp³-hybridized carbons (Fsp3) is 0.696. The maximum atomic E-state index is 13.9. The van der Waals surface area contributed by atoms with E-state index in [4.69, 9.17) is 4.74 Å². The van der Waals surface area contributed by atoms with Crippen molar-refractivity contribution in [2.75, 3.05) is 0 Å². The van der Waals surface area contributed by atoms with Gasteiger partial charge in [0.15, 0.2) is 0 Å². The number of ether oxygens (including phenoxy) is 1. The summed E-state index contributed by atoms with van der Waals surface area (Å²) < 4.78 is 34.9. The van der Waals surface area contributed by atoms with Gasteiger partial charge in [-0.1, -0.05) is 40.0 Å². The topological polar surface area (TPSA) is 107 Å². The van der Waals surface area contributed by atoms with Gasteiger partial charge in [-0.25, -0.2) is 8.42 Å². The summed E-state index contributed by atoms with van der Waals surface area (Å²) in [6.45, 7) is 10.9. The highest BCUT2D eigenvalue weighted by Crippen LogP contribution is 2.37. The van der Waals surface area contributed by atoms with E-state index in [9.17, 15) is 23.3 Å². The SMILES string of the molecule is CCC1CCCCC1N([C@H](C(=O)OC(C)(C)C)C(C)C)S(=O)(=O)c1ccc([N+](=O)[O-])cc1. The average molecular weight is 469 g/mol. The number of nitrogens with zero attached hydrogens (tertiary/aromatic N) is 2. The van der Waals surface area contributed by atoms with E-state index < -0.39 is 32.6 Å². The first-order valence-corrected chi connectivity index (χ1v) is 12.7. The number of nitro benzene ring substituents is 1. The summed E-state index contributed by atoms with van der Waals surface area (Å²) in [4.78, 5) is 23.7. The normalized spacial score (nSPS) is 20.9. The molecule has 1 aliphatic carbocycles. The van der Waals surface area contributed by atoms with Gasteiger partial charge in [-0.05, 0) is 57.6 Å². The second kappa shape index (κ2) is 10.3. The monoisotopic (exact) mass is 468 g/mol. The molecule has 0 saturated heterocycles. The highest BCUT2D eigenvalue weighted by Gasteiger charge is 2.46. The molecule has 8 nitrogen and oxygen atoms in total. The van der Waals surface area contributed by atoms with Crippen LogP contribution < -0.4 is 0 Å². The number of rotatable bonds is 8. The molecule has 0 bridgehead atoms. The van der Waals surface area contributed by atoms with E-state index in [1.165, 1.54) is 28.6 Å². The summed E-state index contributed by atoms with van der Waals surface area (Å²) in [5.74, 6) is -0.768. The Morgan fingerprint density at radius 1 is 1.19 bits per heavy atom. The standard InChI is InChI=1S/C23H36N2O6S/c1-7-17-10-8-9-11-20(17)24(21(16(2)3)22(26)31-23(4,5)6)32(29,30)19-14-12-18(13-15-19)25(27)28/h12-17,20-21H,7-11H2,1-6H3/t17?,20?,21-/m0/s1. The molecule has 0 aromatic heterocycles. The summed E-state index contributed by atoms with van der Waals surface area (Å²) >= 11 is 0. The van der Waals surface area contributed by atoms with Crippen molar-refractivity contribution >= 4 is 21.7 Å². The predicted octanol–water partition coefficient (Wildman–Crippen LogP) is 4.92. The van der Waals surface area contributed by atoms with E-state index in [0.717, 1.165) is 25.7 Å². The van der Waals surface area contributed by atoms with Crippen LogP contribution in [0.3, 0.4) is 0 Å². The molecule has 1 saturated carbocycles. The Balaban J connectivity index is 2.63. The molecular formula is C23H36N2O6S. The van der Waals surface area contributed by atoms with Gasteiger partial charge in [0.25, 0.3) is 5.69 Å². The fourth-order valence-electron chi connectivity index (χ4n) is 4.43. The molecule has 0 aliphatic heterocycles. The first-order valence-electron chi connectivity index (χ1n) is 11.3. The van der Waals surface area contributed by atoms with Crippen LogP contribution in [0.25, 0.3) is 0 Å². The number of nitro groups is 1. The van der Waals surface area contributed by atoms with E-state index in [1.807, 2.05) is 20.8 Å². The molecule has 2 rings (SSSR count). The first kappa shape index (κ1) is 26.3. The maximum Gasteiger partial charge on any atom is 0.325 e. The van der Waals surface area contributed by atoms with Crippen LogP contribution in [-0.4, -0.2) is 41.3 Å². The third-order valence-electron chi connectivity index (χ3n) is 5.90. The number of carbonyl (C=O) groups is 1. The van der Waals surface area contributed by atoms with Gasteiger partial charge >= 0.3 is 5.97 Å². The second-order valence-corrected chi connectivity index (χ2v) is 11.7. The zero-order valence-electron chi connectivity index (χ0n) is 19.9. The number of hydrogen-bond donors (Lipinski definition) is 0. The van der Waals surface area contributed by atoms with Crippen LogP contribution in [-0.2, 0) is 19.6 Å². The van der Waals surface area contributed by atoms with Crippen molar-refractivity contribution in [3.05, 3.63) is 34.4 Å². The first-order chi connectivity index (χ1) is 14.8. The van der Waals surface area contributed by atoms with Crippen molar-refractivity contribution < 1.29 is 22.9 Å². The molecular weight excluding hydrogens is 432 g/mol. The third-order valence-corrected chi connectivity index (χ3v) is 7.82. The molecule has 9 heteroatoms. The van der Waals surface area contributed by atoms with Gasteiger partial charge in [0, 0.05) is 18.2 Å². The van der Waals surface area contributed by atoms with Crippen molar-refractivity contribution in [1.82, 2.24) is 4.31 Å². The van der Waals surface area contributed by atoms with Crippen LogP contribution in [0, 0.1) is 22.0 Å². The maximum absolute atomic E-state index is 13.9. The minimum absolute atomic E-state index is 0.0577. The van der Waals surface area contributed by atoms with Gasteiger partial charge in [0.05, 0.1) is 9.82 Å².